The minimum absolute atomic E-state index is 0.217. The lowest BCUT2D eigenvalue weighted by atomic mass is 10.0. The topological polar surface area (TPSA) is 93.8 Å². The van der Waals surface area contributed by atoms with Gasteiger partial charge in [-0.15, -0.1) is 0 Å². The molecule has 0 bridgehead atoms. The smallest absolute Gasteiger partial charge is 0.407 e. The second kappa shape index (κ2) is 7.66. The predicted octanol–water partition coefficient (Wildman–Crippen LogP) is 0.837. The number of fused-ring (bicyclic) bond motifs is 1. The van der Waals surface area contributed by atoms with Crippen LogP contribution in [0.3, 0.4) is 0 Å². The average Bonchev–Trinajstić information content (AvgIpc) is 3.00. The van der Waals surface area contributed by atoms with Crippen LogP contribution in [0.4, 0.5) is 0 Å². The predicted molar refractivity (Wildman–Crippen MR) is 97.5 cm³/mol. The van der Waals surface area contributed by atoms with Crippen LogP contribution in [-0.4, -0.2) is 54.1 Å². The number of nitrogens with zero attached hydrogens (tertiary/aromatic N) is 2. The zero-order valence-corrected chi connectivity index (χ0v) is 15.1. The van der Waals surface area contributed by atoms with E-state index in [1.807, 2.05) is 12.1 Å². The largest absolute Gasteiger partial charge is 0.420 e. The van der Waals surface area contributed by atoms with E-state index in [-0.39, 0.29) is 12.3 Å². The summed E-state index contributed by atoms with van der Waals surface area (Å²) in [6.07, 6.45) is 2.26. The lowest BCUT2D eigenvalue weighted by Gasteiger charge is -2.26. The van der Waals surface area contributed by atoms with Crippen LogP contribution >= 0.6 is 0 Å². The van der Waals surface area contributed by atoms with Crippen LogP contribution in [0.5, 0.6) is 0 Å². The molecule has 2 saturated heterocycles. The third kappa shape index (κ3) is 3.68. The number of oxazole rings is 1. The Morgan fingerprint density at radius 2 is 1.96 bits per heavy atom. The number of benzene rings is 1. The summed E-state index contributed by atoms with van der Waals surface area (Å²) in [5.74, 6) is -1.31. The van der Waals surface area contributed by atoms with Gasteiger partial charge >= 0.3 is 5.76 Å². The van der Waals surface area contributed by atoms with Gasteiger partial charge in [0, 0.05) is 19.5 Å². The Bertz CT molecular complexity index is 910. The van der Waals surface area contributed by atoms with Gasteiger partial charge in [-0.3, -0.25) is 24.4 Å². The minimum Gasteiger partial charge on any atom is -0.407 e. The number of piperidine rings is 1. The van der Waals surface area contributed by atoms with Crippen molar-refractivity contribution in [2.75, 3.05) is 32.8 Å². The molecule has 2 amide bonds. The highest BCUT2D eigenvalue weighted by atomic mass is 16.5. The van der Waals surface area contributed by atoms with Gasteiger partial charge in [-0.25, -0.2) is 4.79 Å². The molecule has 0 radical (unpaired) electrons. The molecule has 2 fully saturated rings. The number of para-hydroxylation sites is 1. The third-order valence-corrected chi connectivity index (χ3v) is 5.27. The standard InChI is InChI=1S/C19H23N3O5/c23-16-7-6-15(18(24)20-16)22-14-5-1-3-13(17(14)27-19(22)25)4-2-8-21-9-11-26-12-10-21/h1,3,5,15H,2,4,6-12H2,(H,20,23,24). The van der Waals surface area contributed by atoms with Crippen LogP contribution in [0.15, 0.2) is 27.4 Å². The maximum absolute atomic E-state index is 12.4. The van der Waals surface area contributed by atoms with E-state index in [0.717, 1.165) is 51.3 Å². The van der Waals surface area contributed by atoms with Crippen molar-refractivity contribution in [3.8, 4) is 0 Å². The van der Waals surface area contributed by atoms with E-state index in [4.69, 9.17) is 9.15 Å². The lowest BCUT2D eigenvalue weighted by molar-refractivity contribution is -0.135. The number of amides is 2. The van der Waals surface area contributed by atoms with Crippen molar-refractivity contribution in [3.63, 3.8) is 0 Å². The van der Waals surface area contributed by atoms with Gasteiger partial charge in [0.2, 0.25) is 11.8 Å². The Morgan fingerprint density at radius 1 is 1.15 bits per heavy atom. The van der Waals surface area contributed by atoms with E-state index in [0.29, 0.717) is 17.5 Å². The number of rotatable bonds is 5. The van der Waals surface area contributed by atoms with Crippen LogP contribution < -0.4 is 11.1 Å². The summed E-state index contributed by atoms with van der Waals surface area (Å²) >= 11 is 0. The van der Waals surface area contributed by atoms with Gasteiger partial charge in [0.05, 0.1) is 18.7 Å². The van der Waals surface area contributed by atoms with Crippen molar-refractivity contribution in [3.05, 3.63) is 34.3 Å². The van der Waals surface area contributed by atoms with Crippen LogP contribution in [0.1, 0.15) is 30.9 Å². The van der Waals surface area contributed by atoms with Crippen LogP contribution in [0.2, 0.25) is 0 Å². The van der Waals surface area contributed by atoms with Crippen molar-refractivity contribution in [2.45, 2.75) is 31.7 Å². The summed E-state index contributed by atoms with van der Waals surface area (Å²) < 4.78 is 12.3. The third-order valence-electron chi connectivity index (χ3n) is 5.27. The molecule has 1 aromatic heterocycles. The zero-order valence-electron chi connectivity index (χ0n) is 15.1. The van der Waals surface area contributed by atoms with Crippen molar-refractivity contribution in [1.82, 2.24) is 14.8 Å². The van der Waals surface area contributed by atoms with Gasteiger partial charge in [0.25, 0.3) is 0 Å². The van der Waals surface area contributed by atoms with Crippen LogP contribution in [0, 0.1) is 0 Å². The Kier molecular flexibility index (Phi) is 5.09. The molecule has 2 aromatic rings. The van der Waals surface area contributed by atoms with Gasteiger partial charge in [0.1, 0.15) is 6.04 Å². The molecule has 1 aromatic carbocycles. The maximum Gasteiger partial charge on any atom is 0.420 e. The second-order valence-corrected chi connectivity index (χ2v) is 7.03. The fourth-order valence-corrected chi connectivity index (χ4v) is 3.85. The molecule has 1 unspecified atom stereocenters. The monoisotopic (exact) mass is 373 g/mol. The van der Waals surface area contributed by atoms with Gasteiger partial charge in [-0.2, -0.15) is 0 Å². The number of hydrogen-bond donors (Lipinski definition) is 1. The highest BCUT2D eigenvalue weighted by Gasteiger charge is 2.31. The molecule has 27 heavy (non-hydrogen) atoms. The first-order valence-electron chi connectivity index (χ1n) is 9.40. The van der Waals surface area contributed by atoms with E-state index in [2.05, 4.69) is 10.2 Å². The number of carbonyl (C=O) groups is 2. The van der Waals surface area contributed by atoms with E-state index in [1.165, 1.54) is 4.57 Å². The molecule has 0 spiro atoms. The van der Waals surface area contributed by atoms with Gasteiger partial charge in [0.15, 0.2) is 5.58 Å². The molecule has 1 atom stereocenters. The molecular weight excluding hydrogens is 350 g/mol. The highest BCUT2D eigenvalue weighted by Crippen LogP contribution is 2.25. The molecule has 8 nitrogen and oxygen atoms in total. The number of morpholine rings is 1. The summed E-state index contributed by atoms with van der Waals surface area (Å²) in [5, 5.41) is 2.30. The van der Waals surface area contributed by atoms with Crippen molar-refractivity contribution in [1.29, 1.82) is 0 Å². The Balaban J connectivity index is 1.54. The van der Waals surface area contributed by atoms with Gasteiger partial charge in [-0.05, 0) is 37.4 Å². The molecule has 8 heteroatoms. The Labute approximate surface area is 156 Å². The normalized spacial score (nSPS) is 21.6. The molecule has 2 aliphatic rings. The number of aromatic nitrogens is 1. The zero-order chi connectivity index (χ0) is 18.8. The summed E-state index contributed by atoms with van der Waals surface area (Å²) in [6, 6.07) is 4.92. The van der Waals surface area contributed by atoms with Crippen molar-refractivity contribution >= 4 is 22.9 Å². The van der Waals surface area contributed by atoms with E-state index < -0.39 is 17.7 Å². The number of hydrogen-bond acceptors (Lipinski definition) is 6. The highest BCUT2D eigenvalue weighted by molar-refractivity contribution is 6.00. The molecular formula is C19H23N3O5. The molecule has 0 aliphatic carbocycles. The fraction of sp³-hybridized carbons (Fsp3) is 0.526. The quantitative estimate of drug-likeness (QED) is 0.781. The molecule has 2 aliphatic heterocycles. The summed E-state index contributed by atoms with van der Waals surface area (Å²) in [5.41, 5.74) is 2.11. The first-order valence-corrected chi connectivity index (χ1v) is 9.40. The summed E-state index contributed by atoms with van der Waals surface area (Å²) in [4.78, 5) is 38.4. The fourth-order valence-electron chi connectivity index (χ4n) is 3.85. The van der Waals surface area contributed by atoms with Crippen LogP contribution in [-0.2, 0) is 20.7 Å². The first kappa shape index (κ1) is 17.9. The molecule has 3 heterocycles. The van der Waals surface area contributed by atoms with Crippen molar-refractivity contribution < 1.29 is 18.7 Å². The Hall–Kier alpha value is -2.45. The SMILES string of the molecule is O=C1CCC(n2c(=O)oc3c(CCCN4CCOCC4)cccc32)C(=O)N1. The summed E-state index contributed by atoms with van der Waals surface area (Å²) in [7, 11) is 0. The number of carbonyl (C=O) groups excluding carboxylic acids is 2. The van der Waals surface area contributed by atoms with Gasteiger partial charge < -0.3 is 9.15 Å². The molecule has 144 valence electrons. The van der Waals surface area contributed by atoms with E-state index in [1.54, 1.807) is 6.07 Å². The average molecular weight is 373 g/mol. The minimum atomic E-state index is -0.708. The number of aryl methyl sites for hydroxylation is 1. The lowest BCUT2D eigenvalue weighted by Crippen LogP contribution is -2.43. The van der Waals surface area contributed by atoms with Crippen LogP contribution in [0.25, 0.3) is 11.1 Å². The first-order chi connectivity index (χ1) is 13.1. The molecule has 1 N–H and O–H groups in total. The number of ether oxygens (including phenoxy) is 1. The van der Waals surface area contributed by atoms with E-state index in [9.17, 15) is 14.4 Å². The van der Waals surface area contributed by atoms with Gasteiger partial charge in [-0.1, -0.05) is 12.1 Å². The second-order valence-electron chi connectivity index (χ2n) is 7.03. The number of imide groups is 1. The molecule has 0 saturated carbocycles. The van der Waals surface area contributed by atoms with Crippen molar-refractivity contribution in [2.24, 2.45) is 0 Å². The Morgan fingerprint density at radius 3 is 2.74 bits per heavy atom. The maximum atomic E-state index is 12.4. The molecule has 4 rings (SSSR count). The number of nitrogens with one attached hydrogen (secondary N) is 1. The summed E-state index contributed by atoms with van der Waals surface area (Å²) in [6.45, 7) is 4.42. The van der Waals surface area contributed by atoms with E-state index >= 15 is 0 Å².